The summed E-state index contributed by atoms with van der Waals surface area (Å²) in [5.41, 5.74) is 6.98. The molecule has 2 aromatic carbocycles. The van der Waals surface area contributed by atoms with Gasteiger partial charge in [0.15, 0.2) is 9.84 Å². The molecule has 0 bridgehead atoms. The van der Waals surface area contributed by atoms with Gasteiger partial charge in [-0.25, -0.2) is 13.4 Å². The van der Waals surface area contributed by atoms with Crippen molar-refractivity contribution in [3.05, 3.63) is 65.9 Å². The number of rotatable bonds is 6. The van der Waals surface area contributed by atoms with Crippen LogP contribution >= 0.6 is 0 Å². The Morgan fingerprint density at radius 1 is 0.872 bits per heavy atom. The van der Waals surface area contributed by atoms with Crippen LogP contribution in [0.5, 0.6) is 0 Å². The van der Waals surface area contributed by atoms with E-state index in [2.05, 4.69) is 44.7 Å². The molecule has 2 aromatic heterocycles. The number of hydrogen-bond donors (Lipinski definition) is 0. The molecular weight excluding hydrogens is 506 g/mol. The van der Waals surface area contributed by atoms with Crippen LogP contribution in [0.2, 0.25) is 0 Å². The summed E-state index contributed by atoms with van der Waals surface area (Å²) in [4.78, 5) is 15.4. The van der Waals surface area contributed by atoms with Gasteiger partial charge in [-0.15, -0.1) is 0 Å². The minimum absolute atomic E-state index is 0.306. The lowest BCUT2D eigenvalue weighted by Gasteiger charge is -2.36. The first-order valence-corrected chi connectivity index (χ1v) is 15.9. The Hall–Kier alpha value is -3.07. The standard InChI is InChI=1S/C31H37N5O2S/c1-22-30-29(34(2)31(33-30)25-10-12-27(13-11-25)39(3,37)38)20-28(32-22)24-8-6-23(7-9-24)21-35-18-14-26(15-19-35)36-16-4-5-17-36/h6-13,20,26H,4-5,14-19,21H2,1-3H3. The zero-order chi connectivity index (χ0) is 27.1. The van der Waals surface area contributed by atoms with Crippen LogP contribution in [-0.4, -0.2) is 71.2 Å². The van der Waals surface area contributed by atoms with Crippen LogP contribution in [0.1, 0.15) is 36.9 Å². The lowest BCUT2D eigenvalue weighted by Crippen LogP contribution is -2.43. The molecule has 0 atom stereocenters. The van der Waals surface area contributed by atoms with Crippen LogP contribution in [-0.2, 0) is 23.4 Å². The predicted octanol–water partition coefficient (Wildman–Crippen LogP) is 5.07. The lowest BCUT2D eigenvalue weighted by molar-refractivity contribution is 0.122. The molecule has 2 aliphatic rings. The van der Waals surface area contributed by atoms with Crippen molar-refractivity contribution in [3.63, 3.8) is 0 Å². The molecule has 0 N–H and O–H groups in total. The number of nitrogens with zero attached hydrogens (tertiary/aromatic N) is 5. The molecule has 0 aliphatic carbocycles. The van der Waals surface area contributed by atoms with Gasteiger partial charge in [0, 0.05) is 37.0 Å². The smallest absolute Gasteiger partial charge is 0.175 e. The van der Waals surface area contributed by atoms with Crippen molar-refractivity contribution in [1.82, 2.24) is 24.3 Å². The largest absolute Gasteiger partial charge is 0.327 e. The molecular formula is C31H37N5O2S. The number of aryl methyl sites for hydroxylation is 2. The number of pyridine rings is 1. The summed E-state index contributed by atoms with van der Waals surface area (Å²) >= 11 is 0. The Morgan fingerprint density at radius 3 is 2.15 bits per heavy atom. The number of imidazole rings is 1. The Kier molecular flexibility index (Phi) is 7.04. The maximum atomic E-state index is 11.8. The summed E-state index contributed by atoms with van der Waals surface area (Å²) in [5.74, 6) is 0.788. The van der Waals surface area contributed by atoms with E-state index in [4.69, 9.17) is 9.97 Å². The third kappa shape index (κ3) is 5.38. The zero-order valence-electron chi connectivity index (χ0n) is 23.1. The van der Waals surface area contributed by atoms with Gasteiger partial charge in [0.1, 0.15) is 11.3 Å². The quantitative estimate of drug-likeness (QED) is 0.338. The van der Waals surface area contributed by atoms with Crippen LogP contribution in [0.4, 0.5) is 0 Å². The molecule has 39 heavy (non-hydrogen) atoms. The van der Waals surface area contributed by atoms with Crippen LogP contribution < -0.4 is 0 Å². The highest BCUT2D eigenvalue weighted by Crippen LogP contribution is 2.30. The average molecular weight is 544 g/mol. The second kappa shape index (κ2) is 10.5. The summed E-state index contributed by atoms with van der Waals surface area (Å²) in [6, 6.07) is 18.6. The molecule has 2 fully saturated rings. The number of hydrogen-bond acceptors (Lipinski definition) is 6. The molecule has 4 heterocycles. The van der Waals surface area contributed by atoms with Crippen LogP contribution in [0.15, 0.2) is 59.5 Å². The lowest BCUT2D eigenvalue weighted by atomic mass is 10.0. The number of likely N-dealkylation sites (tertiary alicyclic amines) is 2. The van der Waals surface area contributed by atoms with Crippen LogP contribution in [0.25, 0.3) is 33.7 Å². The highest BCUT2D eigenvalue weighted by atomic mass is 32.2. The number of benzene rings is 2. The van der Waals surface area contributed by atoms with E-state index in [9.17, 15) is 8.42 Å². The van der Waals surface area contributed by atoms with Gasteiger partial charge >= 0.3 is 0 Å². The molecule has 4 aromatic rings. The van der Waals surface area contributed by atoms with E-state index in [0.717, 1.165) is 52.0 Å². The van der Waals surface area contributed by atoms with Gasteiger partial charge in [-0.05, 0) is 94.7 Å². The molecule has 6 rings (SSSR count). The number of piperidine rings is 1. The van der Waals surface area contributed by atoms with Gasteiger partial charge in [-0.3, -0.25) is 9.88 Å². The first kappa shape index (κ1) is 26.2. The Morgan fingerprint density at radius 2 is 1.51 bits per heavy atom. The Bertz CT molecular complexity index is 1580. The van der Waals surface area contributed by atoms with Crippen LogP contribution in [0, 0.1) is 6.92 Å². The van der Waals surface area contributed by atoms with E-state index in [1.807, 2.05) is 26.1 Å². The molecule has 0 radical (unpaired) electrons. The normalized spacial score (nSPS) is 17.8. The van der Waals surface area contributed by atoms with E-state index in [-0.39, 0.29) is 0 Å². The Labute approximate surface area is 231 Å². The monoisotopic (exact) mass is 543 g/mol. The molecule has 0 saturated carbocycles. The van der Waals surface area contributed by atoms with Gasteiger partial charge in [-0.2, -0.15) is 0 Å². The third-order valence-electron chi connectivity index (χ3n) is 8.45. The molecule has 2 aliphatic heterocycles. The molecule has 204 valence electrons. The topological polar surface area (TPSA) is 71.3 Å². The van der Waals surface area contributed by atoms with Crippen LogP contribution in [0.3, 0.4) is 0 Å². The van der Waals surface area contributed by atoms with Crippen molar-refractivity contribution < 1.29 is 8.42 Å². The highest BCUT2D eigenvalue weighted by molar-refractivity contribution is 7.90. The maximum absolute atomic E-state index is 11.8. The second-order valence-corrected chi connectivity index (χ2v) is 13.2. The SMILES string of the molecule is Cc1nc(-c2ccc(CN3CCC(N4CCCC4)CC3)cc2)cc2c1nc(-c1ccc(S(C)(=O)=O)cc1)n2C. The van der Waals surface area contributed by atoms with Gasteiger partial charge in [0.05, 0.1) is 21.8 Å². The fourth-order valence-electron chi connectivity index (χ4n) is 6.18. The fraction of sp³-hybridized carbons (Fsp3) is 0.419. The van der Waals surface area contributed by atoms with Gasteiger partial charge in [-0.1, -0.05) is 24.3 Å². The molecule has 2 saturated heterocycles. The molecule has 8 heteroatoms. The van der Waals surface area contributed by atoms with Gasteiger partial charge in [0.25, 0.3) is 0 Å². The van der Waals surface area contributed by atoms with Gasteiger partial charge in [0.2, 0.25) is 0 Å². The first-order chi connectivity index (χ1) is 18.8. The van der Waals surface area contributed by atoms with Crippen molar-refractivity contribution in [2.75, 3.05) is 32.4 Å². The summed E-state index contributed by atoms with van der Waals surface area (Å²) < 4.78 is 25.8. The second-order valence-electron chi connectivity index (χ2n) is 11.2. The average Bonchev–Trinajstić information content (AvgIpc) is 3.58. The molecule has 0 amide bonds. The van der Waals surface area contributed by atoms with Crippen molar-refractivity contribution in [3.8, 4) is 22.6 Å². The van der Waals surface area contributed by atoms with E-state index in [1.165, 1.54) is 63.7 Å². The summed E-state index contributed by atoms with van der Waals surface area (Å²) in [6.45, 7) is 7.95. The molecule has 0 spiro atoms. The van der Waals surface area contributed by atoms with Crippen molar-refractivity contribution in [1.29, 1.82) is 0 Å². The van der Waals surface area contributed by atoms with Gasteiger partial charge < -0.3 is 9.47 Å². The van der Waals surface area contributed by atoms with Crippen molar-refractivity contribution in [2.24, 2.45) is 7.05 Å². The zero-order valence-corrected chi connectivity index (χ0v) is 23.9. The third-order valence-corrected chi connectivity index (χ3v) is 9.58. The van der Waals surface area contributed by atoms with E-state index in [1.54, 1.807) is 12.1 Å². The molecule has 7 nitrogen and oxygen atoms in total. The molecule has 0 unspecified atom stereocenters. The predicted molar refractivity (Wildman–Crippen MR) is 156 cm³/mol. The maximum Gasteiger partial charge on any atom is 0.175 e. The number of fused-ring (bicyclic) bond motifs is 1. The van der Waals surface area contributed by atoms with E-state index in [0.29, 0.717) is 4.90 Å². The minimum Gasteiger partial charge on any atom is -0.327 e. The minimum atomic E-state index is -3.24. The number of sulfone groups is 1. The number of aromatic nitrogens is 3. The fourth-order valence-corrected chi connectivity index (χ4v) is 6.81. The highest BCUT2D eigenvalue weighted by Gasteiger charge is 2.26. The first-order valence-electron chi connectivity index (χ1n) is 14.0. The van der Waals surface area contributed by atoms with Crippen molar-refractivity contribution >= 4 is 20.9 Å². The van der Waals surface area contributed by atoms with Crippen molar-refractivity contribution in [2.45, 2.75) is 50.1 Å². The summed E-state index contributed by atoms with van der Waals surface area (Å²) in [7, 11) is -1.24. The van der Waals surface area contributed by atoms with E-state index < -0.39 is 9.84 Å². The Balaban J connectivity index is 1.18. The summed E-state index contributed by atoms with van der Waals surface area (Å²) in [5, 5.41) is 0. The summed E-state index contributed by atoms with van der Waals surface area (Å²) in [6.07, 6.45) is 6.54. The van der Waals surface area contributed by atoms with E-state index >= 15 is 0 Å².